The average Bonchev–Trinajstić information content (AvgIpc) is 2.74. The van der Waals surface area contributed by atoms with Crippen LogP contribution in [0, 0.1) is 5.82 Å². The molecular formula is C21H25FN4O3. The van der Waals surface area contributed by atoms with Crippen LogP contribution in [0.1, 0.15) is 18.4 Å². The highest BCUT2D eigenvalue weighted by atomic mass is 19.1. The number of carbonyl (C=O) groups excluding carboxylic acids is 2. The lowest BCUT2D eigenvalue weighted by molar-refractivity contribution is -0.139. The van der Waals surface area contributed by atoms with Crippen molar-refractivity contribution in [3.05, 3.63) is 60.2 Å². The molecule has 2 aromatic rings. The summed E-state index contributed by atoms with van der Waals surface area (Å²) in [6.07, 6.45) is 4.93. The van der Waals surface area contributed by atoms with E-state index in [1.165, 1.54) is 19.2 Å². The van der Waals surface area contributed by atoms with Crippen LogP contribution in [0.3, 0.4) is 0 Å². The molecule has 8 heteroatoms. The first kappa shape index (κ1) is 20.7. The highest BCUT2D eigenvalue weighted by Crippen LogP contribution is 2.20. The zero-order chi connectivity index (χ0) is 20.6. The quantitative estimate of drug-likeness (QED) is 0.809. The van der Waals surface area contributed by atoms with E-state index in [9.17, 15) is 14.0 Å². The van der Waals surface area contributed by atoms with E-state index in [0.717, 1.165) is 18.4 Å². The average molecular weight is 400 g/mol. The second kappa shape index (κ2) is 9.97. The summed E-state index contributed by atoms with van der Waals surface area (Å²) >= 11 is 0. The first-order chi connectivity index (χ1) is 14.1. The van der Waals surface area contributed by atoms with Crippen LogP contribution in [0.2, 0.25) is 0 Å². The van der Waals surface area contributed by atoms with Gasteiger partial charge in [0.2, 0.25) is 5.91 Å². The van der Waals surface area contributed by atoms with Crippen molar-refractivity contribution in [2.45, 2.75) is 25.4 Å². The smallest absolute Gasteiger partial charge is 0.321 e. The van der Waals surface area contributed by atoms with Gasteiger partial charge in [0, 0.05) is 45.2 Å². The zero-order valence-electron chi connectivity index (χ0n) is 16.4. The number of anilines is 1. The first-order valence-corrected chi connectivity index (χ1v) is 9.56. The molecule has 29 heavy (non-hydrogen) atoms. The van der Waals surface area contributed by atoms with Crippen molar-refractivity contribution in [2.24, 2.45) is 0 Å². The minimum Gasteiger partial charge on any atom is -0.375 e. The van der Waals surface area contributed by atoms with Gasteiger partial charge in [0.25, 0.3) is 0 Å². The number of hydrogen-bond acceptors (Lipinski definition) is 4. The molecule has 0 spiro atoms. The number of para-hydroxylation sites is 1. The monoisotopic (exact) mass is 400 g/mol. The number of methoxy groups -OCH3 is 1. The van der Waals surface area contributed by atoms with Crippen LogP contribution in [-0.2, 0) is 16.1 Å². The summed E-state index contributed by atoms with van der Waals surface area (Å²) in [7, 11) is 1.48. The van der Waals surface area contributed by atoms with E-state index in [4.69, 9.17) is 4.74 Å². The number of hydrogen-bond donors (Lipinski definition) is 1. The fourth-order valence-corrected chi connectivity index (χ4v) is 3.47. The molecule has 0 aliphatic carbocycles. The number of ether oxygens (including phenoxy) is 1. The van der Waals surface area contributed by atoms with Crippen molar-refractivity contribution < 1.29 is 18.7 Å². The second-order valence-corrected chi connectivity index (χ2v) is 6.97. The van der Waals surface area contributed by atoms with Crippen LogP contribution in [0.4, 0.5) is 14.9 Å². The molecule has 1 N–H and O–H groups in total. The fraction of sp³-hybridized carbons (Fsp3) is 0.381. The van der Waals surface area contributed by atoms with Gasteiger partial charge in [-0.15, -0.1) is 0 Å². The molecule has 1 saturated heterocycles. The van der Waals surface area contributed by atoms with Gasteiger partial charge < -0.3 is 19.9 Å². The predicted molar refractivity (Wildman–Crippen MR) is 107 cm³/mol. The molecule has 0 saturated carbocycles. The number of likely N-dealkylation sites (tertiary alicyclic amines) is 1. The maximum absolute atomic E-state index is 13.8. The van der Waals surface area contributed by atoms with Gasteiger partial charge in [0.05, 0.1) is 5.69 Å². The molecule has 1 aliphatic rings. The van der Waals surface area contributed by atoms with Crippen molar-refractivity contribution in [1.82, 2.24) is 14.8 Å². The maximum atomic E-state index is 13.8. The number of nitrogens with zero attached hydrogens (tertiary/aromatic N) is 3. The number of rotatable bonds is 6. The Balaban J connectivity index is 1.70. The van der Waals surface area contributed by atoms with Crippen LogP contribution >= 0.6 is 0 Å². The zero-order valence-corrected chi connectivity index (χ0v) is 16.4. The van der Waals surface area contributed by atoms with Crippen LogP contribution < -0.4 is 5.32 Å². The molecule has 3 rings (SSSR count). The van der Waals surface area contributed by atoms with Crippen LogP contribution in [0.25, 0.3) is 0 Å². The van der Waals surface area contributed by atoms with E-state index in [1.54, 1.807) is 34.3 Å². The van der Waals surface area contributed by atoms with Gasteiger partial charge in [-0.05, 0) is 36.6 Å². The third-order valence-electron chi connectivity index (χ3n) is 4.90. The molecule has 1 aliphatic heterocycles. The Hall–Kier alpha value is -3.00. The van der Waals surface area contributed by atoms with E-state index in [2.05, 4.69) is 10.3 Å². The summed E-state index contributed by atoms with van der Waals surface area (Å²) in [4.78, 5) is 32.8. The second-order valence-electron chi connectivity index (χ2n) is 6.97. The van der Waals surface area contributed by atoms with Crippen molar-refractivity contribution >= 4 is 17.6 Å². The SMILES string of the molecule is COCC(=O)N(Cc1cccnc1)C1CCCN(C(=O)Nc2ccccc2F)C1. The molecule has 1 aromatic carbocycles. The topological polar surface area (TPSA) is 74.8 Å². The number of urea groups is 1. The molecule has 7 nitrogen and oxygen atoms in total. The lowest BCUT2D eigenvalue weighted by Crippen LogP contribution is -2.53. The van der Waals surface area contributed by atoms with Crippen molar-refractivity contribution in [3.63, 3.8) is 0 Å². The van der Waals surface area contributed by atoms with E-state index in [0.29, 0.717) is 19.6 Å². The minimum atomic E-state index is -0.483. The Kier molecular flexibility index (Phi) is 7.13. The number of pyridine rings is 1. The summed E-state index contributed by atoms with van der Waals surface area (Å²) in [5.74, 6) is -0.624. The lowest BCUT2D eigenvalue weighted by atomic mass is 10.0. The Labute approximate surface area is 169 Å². The van der Waals surface area contributed by atoms with Crippen LogP contribution in [0.5, 0.6) is 0 Å². The van der Waals surface area contributed by atoms with E-state index in [1.807, 2.05) is 12.1 Å². The number of piperidine rings is 1. The van der Waals surface area contributed by atoms with Gasteiger partial charge in [-0.3, -0.25) is 9.78 Å². The van der Waals surface area contributed by atoms with Gasteiger partial charge in [0.15, 0.2) is 0 Å². The molecular weight excluding hydrogens is 375 g/mol. The van der Waals surface area contributed by atoms with E-state index < -0.39 is 5.82 Å². The van der Waals surface area contributed by atoms with E-state index in [-0.39, 0.29) is 30.3 Å². The number of aromatic nitrogens is 1. The molecule has 3 amide bonds. The van der Waals surface area contributed by atoms with Gasteiger partial charge in [-0.25, -0.2) is 9.18 Å². The summed E-state index contributed by atoms with van der Waals surface area (Å²) < 4.78 is 18.9. The summed E-state index contributed by atoms with van der Waals surface area (Å²) in [5.41, 5.74) is 1.05. The standard InChI is InChI=1S/C21H25FN4O3/c1-29-15-20(27)26(13-16-6-4-10-23-12-16)17-7-5-11-25(14-17)21(28)24-19-9-3-2-8-18(19)22/h2-4,6,8-10,12,17H,5,7,11,13-15H2,1H3,(H,24,28). The summed E-state index contributed by atoms with van der Waals surface area (Å²) in [5, 5.41) is 2.62. The molecule has 1 atom stereocenters. The highest BCUT2D eigenvalue weighted by Gasteiger charge is 2.31. The predicted octanol–water partition coefficient (Wildman–Crippen LogP) is 2.89. The number of nitrogens with one attached hydrogen (secondary N) is 1. The van der Waals surface area contributed by atoms with Gasteiger partial charge in [0.1, 0.15) is 12.4 Å². The molecule has 154 valence electrons. The molecule has 0 radical (unpaired) electrons. The van der Waals surface area contributed by atoms with Crippen molar-refractivity contribution in [3.8, 4) is 0 Å². The molecule has 2 heterocycles. The van der Waals surface area contributed by atoms with Gasteiger partial charge in [-0.1, -0.05) is 18.2 Å². The Morgan fingerprint density at radius 3 is 2.86 bits per heavy atom. The Morgan fingerprint density at radius 2 is 2.14 bits per heavy atom. The lowest BCUT2D eigenvalue weighted by Gasteiger charge is -2.39. The number of halogens is 1. The van der Waals surface area contributed by atoms with Gasteiger partial charge >= 0.3 is 6.03 Å². The van der Waals surface area contributed by atoms with Gasteiger partial charge in [-0.2, -0.15) is 0 Å². The molecule has 1 fully saturated rings. The number of carbonyl (C=O) groups is 2. The molecule has 0 bridgehead atoms. The number of amides is 3. The minimum absolute atomic E-state index is 0.0296. The van der Waals surface area contributed by atoms with Crippen molar-refractivity contribution in [1.29, 1.82) is 0 Å². The Bertz CT molecular complexity index is 834. The maximum Gasteiger partial charge on any atom is 0.321 e. The van der Waals surface area contributed by atoms with E-state index >= 15 is 0 Å². The summed E-state index contributed by atoms with van der Waals surface area (Å²) in [6, 6.07) is 9.25. The van der Waals surface area contributed by atoms with Crippen molar-refractivity contribution in [2.75, 3.05) is 32.1 Å². The fourth-order valence-electron chi connectivity index (χ4n) is 3.47. The third-order valence-corrected chi connectivity index (χ3v) is 4.90. The molecule has 1 unspecified atom stereocenters. The van der Waals surface area contributed by atoms with Crippen LogP contribution in [-0.4, -0.2) is 59.6 Å². The third kappa shape index (κ3) is 5.51. The number of benzene rings is 1. The Morgan fingerprint density at radius 1 is 1.31 bits per heavy atom. The van der Waals surface area contributed by atoms with Crippen LogP contribution in [0.15, 0.2) is 48.8 Å². The summed E-state index contributed by atoms with van der Waals surface area (Å²) in [6.45, 7) is 1.29. The normalized spacial score (nSPS) is 16.3. The highest BCUT2D eigenvalue weighted by molar-refractivity contribution is 5.89. The first-order valence-electron chi connectivity index (χ1n) is 9.56. The molecule has 1 aromatic heterocycles. The largest absolute Gasteiger partial charge is 0.375 e.